The lowest BCUT2D eigenvalue weighted by molar-refractivity contribution is 0.253. The van der Waals surface area contributed by atoms with Crippen molar-refractivity contribution in [1.82, 2.24) is 20.2 Å². The van der Waals surface area contributed by atoms with E-state index in [2.05, 4.69) is 25.5 Å². The third kappa shape index (κ3) is 2.13. The number of nitrogens with zero attached hydrogens (tertiary/aromatic N) is 3. The summed E-state index contributed by atoms with van der Waals surface area (Å²) in [6, 6.07) is 0. The smallest absolute Gasteiger partial charge is 0.226 e. The van der Waals surface area contributed by atoms with Gasteiger partial charge in [-0.3, -0.25) is 5.10 Å². The zero-order chi connectivity index (χ0) is 12.6. The number of halogens is 1. The molecule has 7 heteroatoms. The molecular weight excluding hydrogens is 254 g/mol. The topological polar surface area (TPSA) is 86.7 Å². The number of fused-ring (bicyclic) bond motifs is 1. The van der Waals surface area contributed by atoms with Crippen LogP contribution in [0, 0.1) is 5.41 Å². The van der Waals surface area contributed by atoms with Crippen LogP contribution in [0.5, 0.6) is 0 Å². The van der Waals surface area contributed by atoms with Gasteiger partial charge in [0.1, 0.15) is 5.82 Å². The summed E-state index contributed by atoms with van der Waals surface area (Å²) in [7, 11) is 0. The molecule has 96 valence electrons. The fourth-order valence-corrected chi connectivity index (χ4v) is 2.31. The first-order valence-corrected chi connectivity index (χ1v) is 6.32. The number of anilines is 1. The summed E-state index contributed by atoms with van der Waals surface area (Å²) in [5.74, 6) is 0.697. The Bertz CT molecular complexity index is 566. The van der Waals surface area contributed by atoms with Crippen molar-refractivity contribution < 1.29 is 5.11 Å². The van der Waals surface area contributed by atoms with Crippen LogP contribution in [0.3, 0.4) is 0 Å². The molecule has 6 nitrogen and oxygen atoms in total. The number of aromatic amines is 1. The Balaban J connectivity index is 1.80. The summed E-state index contributed by atoms with van der Waals surface area (Å²) < 4.78 is 0. The fourth-order valence-electron chi connectivity index (χ4n) is 2.14. The van der Waals surface area contributed by atoms with Crippen molar-refractivity contribution in [1.29, 1.82) is 0 Å². The highest BCUT2D eigenvalue weighted by molar-refractivity contribution is 6.28. The molecule has 0 saturated heterocycles. The van der Waals surface area contributed by atoms with Crippen molar-refractivity contribution in [2.24, 2.45) is 5.41 Å². The summed E-state index contributed by atoms with van der Waals surface area (Å²) in [6.07, 6.45) is 4.80. The maximum Gasteiger partial charge on any atom is 0.226 e. The molecule has 1 aliphatic rings. The summed E-state index contributed by atoms with van der Waals surface area (Å²) >= 11 is 5.86. The molecule has 0 atom stereocenters. The minimum absolute atomic E-state index is 0.196. The van der Waals surface area contributed by atoms with E-state index >= 15 is 0 Å². The SMILES string of the molecule is OCCC1(CNc2nc(Cl)nc3[nH]ncc23)CC1. The Morgan fingerprint density at radius 3 is 3.00 bits per heavy atom. The molecule has 2 aromatic rings. The average molecular weight is 268 g/mol. The van der Waals surface area contributed by atoms with Gasteiger partial charge in [0, 0.05) is 13.2 Å². The van der Waals surface area contributed by atoms with E-state index in [1.807, 2.05) is 0 Å². The second-order valence-corrected chi connectivity index (χ2v) is 5.14. The van der Waals surface area contributed by atoms with E-state index in [-0.39, 0.29) is 17.3 Å². The van der Waals surface area contributed by atoms with E-state index in [1.54, 1.807) is 6.20 Å². The molecular formula is C11H14ClN5O. The van der Waals surface area contributed by atoms with Gasteiger partial charge in [0.25, 0.3) is 0 Å². The van der Waals surface area contributed by atoms with Gasteiger partial charge in [-0.2, -0.15) is 15.1 Å². The Kier molecular flexibility index (Phi) is 2.83. The Morgan fingerprint density at radius 1 is 1.44 bits per heavy atom. The first kappa shape index (κ1) is 11.7. The summed E-state index contributed by atoms with van der Waals surface area (Å²) in [5.41, 5.74) is 0.854. The number of aromatic nitrogens is 4. The lowest BCUT2D eigenvalue weighted by Gasteiger charge is -2.15. The first-order chi connectivity index (χ1) is 8.72. The molecule has 0 amide bonds. The Hall–Kier alpha value is -1.40. The van der Waals surface area contributed by atoms with Crippen molar-refractivity contribution in [3.63, 3.8) is 0 Å². The van der Waals surface area contributed by atoms with Gasteiger partial charge in [0.2, 0.25) is 5.28 Å². The van der Waals surface area contributed by atoms with Crippen LogP contribution in [0.2, 0.25) is 5.28 Å². The normalized spacial score (nSPS) is 17.0. The van der Waals surface area contributed by atoms with Gasteiger partial charge in [-0.05, 0) is 36.3 Å². The number of aliphatic hydroxyl groups excluding tert-OH is 1. The third-order valence-electron chi connectivity index (χ3n) is 3.51. The van der Waals surface area contributed by atoms with Crippen LogP contribution >= 0.6 is 11.6 Å². The van der Waals surface area contributed by atoms with E-state index in [0.29, 0.717) is 11.5 Å². The monoisotopic (exact) mass is 267 g/mol. The molecule has 0 aliphatic heterocycles. The molecule has 0 bridgehead atoms. The highest BCUT2D eigenvalue weighted by atomic mass is 35.5. The molecule has 3 N–H and O–H groups in total. The molecule has 3 rings (SSSR count). The number of rotatable bonds is 5. The van der Waals surface area contributed by atoms with Crippen LogP contribution in [-0.2, 0) is 0 Å². The summed E-state index contributed by atoms with van der Waals surface area (Å²) in [6.45, 7) is 1.02. The standard InChI is InChI=1S/C11H14ClN5O/c12-10-15-8(7-5-14-17-9(7)16-10)13-6-11(1-2-11)3-4-18/h5,18H,1-4,6H2,(H2,13,14,15,16,17). The van der Waals surface area contributed by atoms with Gasteiger partial charge in [-0.15, -0.1) is 0 Å². The first-order valence-electron chi connectivity index (χ1n) is 5.94. The van der Waals surface area contributed by atoms with Gasteiger partial charge in [-0.1, -0.05) is 0 Å². The number of H-pyrrole nitrogens is 1. The second-order valence-electron chi connectivity index (χ2n) is 4.80. The minimum Gasteiger partial charge on any atom is -0.396 e. The highest BCUT2D eigenvalue weighted by Crippen LogP contribution is 2.48. The van der Waals surface area contributed by atoms with Crippen molar-refractivity contribution >= 4 is 28.5 Å². The fraction of sp³-hybridized carbons (Fsp3) is 0.545. The minimum atomic E-state index is 0.196. The maximum absolute atomic E-state index is 9.03. The molecule has 1 fully saturated rings. The average Bonchev–Trinajstić information content (AvgIpc) is 2.94. The quantitative estimate of drug-likeness (QED) is 0.716. The molecule has 1 aliphatic carbocycles. The molecule has 0 unspecified atom stereocenters. The van der Waals surface area contributed by atoms with E-state index in [0.717, 1.165) is 31.2 Å². The zero-order valence-corrected chi connectivity index (χ0v) is 10.5. The molecule has 2 heterocycles. The summed E-state index contributed by atoms with van der Waals surface area (Å²) in [5, 5.41) is 20.1. The van der Waals surface area contributed by atoms with Crippen molar-refractivity contribution in [3.8, 4) is 0 Å². The van der Waals surface area contributed by atoms with Gasteiger partial charge in [-0.25, -0.2) is 0 Å². The molecule has 0 spiro atoms. The van der Waals surface area contributed by atoms with E-state index in [9.17, 15) is 0 Å². The van der Waals surface area contributed by atoms with Crippen LogP contribution in [-0.4, -0.2) is 38.4 Å². The Morgan fingerprint density at radius 2 is 2.28 bits per heavy atom. The zero-order valence-electron chi connectivity index (χ0n) is 9.78. The van der Waals surface area contributed by atoms with Crippen molar-refractivity contribution in [3.05, 3.63) is 11.5 Å². The van der Waals surface area contributed by atoms with Gasteiger partial charge < -0.3 is 10.4 Å². The lowest BCUT2D eigenvalue weighted by atomic mass is 10.0. The van der Waals surface area contributed by atoms with Crippen molar-refractivity contribution in [2.45, 2.75) is 19.3 Å². The molecule has 0 radical (unpaired) electrons. The Labute approximate surface area is 109 Å². The summed E-state index contributed by atoms with van der Waals surface area (Å²) in [4.78, 5) is 8.23. The highest BCUT2D eigenvalue weighted by Gasteiger charge is 2.41. The van der Waals surface area contributed by atoms with E-state index < -0.39 is 0 Å². The lowest BCUT2D eigenvalue weighted by Crippen LogP contribution is -2.17. The van der Waals surface area contributed by atoms with E-state index in [4.69, 9.17) is 16.7 Å². The van der Waals surface area contributed by atoms with E-state index in [1.165, 1.54) is 0 Å². The van der Waals surface area contributed by atoms with Crippen LogP contribution in [0.4, 0.5) is 5.82 Å². The number of aliphatic hydroxyl groups is 1. The third-order valence-corrected chi connectivity index (χ3v) is 3.68. The molecule has 0 aromatic carbocycles. The van der Waals surface area contributed by atoms with Crippen LogP contribution in [0.25, 0.3) is 11.0 Å². The van der Waals surface area contributed by atoms with Crippen molar-refractivity contribution in [2.75, 3.05) is 18.5 Å². The van der Waals surface area contributed by atoms with Gasteiger partial charge >= 0.3 is 0 Å². The van der Waals surface area contributed by atoms with Gasteiger partial charge in [0.15, 0.2) is 5.65 Å². The van der Waals surface area contributed by atoms with Crippen LogP contribution < -0.4 is 5.32 Å². The number of hydrogen-bond donors (Lipinski definition) is 3. The van der Waals surface area contributed by atoms with Crippen LogP contribution in [0.15, 0.2) is 6.20 Å². The predicted octanol–water partition coefficient (Wildman–Crippen LogP) is 1.58. The number of hydrogen-bond acceptors (Lipinski definition) is 5. The van der Waals surface area contributed by atoms with Gasteiger partial charge in [0.05, 0.1) is 11.6 Å². The largest absolute Gasteiger partial charge is 0.396 e. The predicted molar refractivity (Wildman–Crippen MR) is 68.6 cm³/mol. The molecule has 2 aromatic heterocycles. The maximum atomic E-state index is 9.03. The molecule has 1 saturated carbocycles. The molecule has 18 heavy (non-hydrogen) atoms. The number of nitrogens with one attached hydrogen (secondary N) is 2. The van der Waals surface area contributed by atoms with Crippen LogP contribution in [0.1, 0.15) is 19.3 Å². The second kappa shape index (κ2) is 4.37.